The third-order valence-electron chi connectivity index (χ3n) is 3.36. The molecule has 3 nitrogen and oxygen atoms in total. The summed E-state index contributed by atoms with van der Waals surface area (Å²) in [6.45, 7) is 1.73. The molecule has 0 bridgehead atoms. The van der Waals surface area contributed by atoms with Gasteiger partial charge in [0, 0.05) is 17.0 Å². The Morgan fingerprint density at radius 3 is 2.94 bits per heavy atom. The minimum absolute atomic E-state index is 0.0467. The molecule has 2 atom stereocenters. The summed E-state index contributed by atoms with van der Waals surface area (Å²) in [5.41, 5.74) is 1.78. The van der Waals surface area contributed by atoms with Crippen LogP contribution in [0.4, 0.5) is 0 Å². The van der Waals surface area contributed by atoms with Crippen LogP contribution in [-0.2, 0) is 6.42 Å². The van der Waals surface area contributed by atoms with Crippen molar-refractivity contribution < 1.29 is 14.6 Å². The second-order valence-electron chi connectivity index (χ2n) is 4.67. The van der Waals surface area contributed by atoms with Gasteiger partial charge in [-0.25, -0.2) is 0 Å². The van der Waals surface area contributed by atoms with E-state index in [-0.39, 0.29) is 11.7 Å². The number of methoxy groups -OCH3 is 1. The van der Waals surface area contributed by atoms with E-state index in [1.807, 2.05) is 18.2 Å². The molecule has 0 saturated carbocycles. The Morgan fingerprint density at radius 1 is 1.53 bits per heavy atom. The topological polar surface area (TPSA) is 46.5 Å². The SMILES string of the molecule is COc1cccc2c1CCC(C[C@H](C)O)C2=O. The van der Waals surface area contributed by atoms with Crippen molar-refractivity contribution in [3.05, 3.63) is 29.3 Å². The number of aliphatic hydroxyl groups is 1. The zero-order chi connectivity index (χ0) is 12.4. The first-order chi connectivity index (χ1) is 8.13. The predicted molar refractivity (Wildman–Crippen MR) is 65.4 cm³/mol. The molecule has 0 aromatic heterocycles. The minimum Gasteiger partial charge on any atom is -0.496 e. The Kier molecular flexibility index (Phi) is 3.48. The normalized spacial score (nSPS) is 20.9. The van der Waals surface area contributed by atoms with Crippen LogP contribution >= 0.6 is 0 Å². The number of benzene rings is 1. The molecule has 1 aliphatic carbocycles. The van der Waals surface area contributed by atoms with Gasteiger partial charge in [0.25, 0.3) is 0 Å². The van der Waals surface area contributed by atoms with Gasteiger partial charge < -0.3 is 9.84 Å². The number of ketones is 1. The van der Waals surface area contributed by atoms with Crippen molar-refractivity contribution in [2.24, 2.45) is 5.92 Å². The molecule has 0 radical (unpaired) electrons. The quantitative estimate of drug-likeness (QED) is 0.872. The van der Waals surface area contributed by atoms with E-state index >= 15 is 0 Å². The third-order valence-corrected chi connectivity index (χ3v) is 3.36. The van der Waals surface area contributed by atoms with Crippen LogP contribution in [0.15, 0.2) is 18.2 Å². The molecule has 1 aliphatic rings. The van der Waals surface area contributed by atoms with Crippen LogP contribution in [0.25, 0.3) is 0 Å². The number of carbonyl (C=O) groups is 1. The van der Waals surface area contributed by atoms with Crippen LogP contribution < -0.4 is 4.74 Å². The molecule has 1 aromatic rings. The highest BCUT2D eigenvalue weighted by atomic mass is 16.5. The zero-order valence-electron chi connectivity index (χ0n) is 10.3. The van der Waals surface area contributed by atoms with Crippen molar-refractivity contribution in [2.45, 2.75) is 32.3 Å². The summed E-state index contributed by atoms with van der Waals surface area (Å²) in [5.74, 6) is 0.895. The van der Waals surface area contributed by atoms with Gasteiger partial charge in [0.15, 0.2) is 5.78 Å². The van der Waals surface area contributed by atoms with Crippen LogP contribution in [0, 0.1) is 5.92 Å². The Bertz CT molecular complexity index is 423. The van der Waals surface area contributed by atoms with Gasteiger partial charge in [-0.15, -0.1) is 0 Å². The second-order valence-corrected chi connectivity index (χ2v) is 4.67. The van der Waals surface area contributed by atoms with E-state index in [0.717, 1.165) is 29.7 Å². The number of fused-ring (bicyclic) bond motifs is 1. The number of Topliss-reactive ketones (excluding diaryl/α,β-unsaturated/α-hetero) is 1. The number of ether oxygens (including phenoxy) is 1. The molecule has 2 rings (SSSR count). The van der Waals surface area contributed by atoms with E-state index in [4.69, 9.17) is 4.74 Å². The molecule has 1 N–H and O–H groups in total. The first-order valence-corrected chi connectivity index (χ1v) is 6.01. The van der Waals surface area contributed by atoms with E-state index < -0.39 is 6.10 Å². The van der Waals surface area contributed by atoms with Gasteiger partial charge in [0.1, 0.15) is 5.75 Å². The second kappa shape index (κ2) is 4.88. The first-order valence-electron chi connectivity index (χ1n) is 6.01. The molecule has 0 spiro atoms. The molecule has 92 valence electrons. The molecule has 0 amide bonds. The Balaban J connectivity index is 2.30. The van der Waals surface area contributed by atoms with E-state index in [1.165, 1.54) is 0 Å². The highest BCUT2D eigenvalue weighted by Gasteiger charge is 2.29. The average Bonchev–Trinajstić information content (AvgIpc) is 2.31. The maximum Gasteiger partial charge on any atom is 0.166 e. The number of rotatable bonds is 3. The highest BCUT2D eigenvalue weighted by Crippen LogP contribution is 2.33. The fourth-order valence-electron chi connectivity index (χ4n) is 2.55. The number of hydrogen-bond donors (Lipinski definition) is 1. The van der Waals surface area contributed by atoms with Crippen molar-refractivity contribution in [2.75, 3.05) is 7.11 Å². The molecular weight excluding hydrogens is 216 g/mol. The van der Waals surface area contributed by atoms with E-state index in [9.17, 15) is 9.90 Å². The molecule has 0 saturated heterocycles. The van der Waals surface area contributed by atoms with E-state index in [1.54, 1.807) is 14.0 Å². The lowest BCUT2D eigenvalue weighted by Crippen LogP contribution is -2.25. The van der Waals surface area contributed by atoms with Crippen LogP contribution in [0.2, 0.25) is 0 Å². The van der Waals surface area contributed by atoms with Crippen LogP contribution in [-0.4, -0.2) is 24.1 Å². The lowest BCUT2D eigenvalue weighted by atomic mass is 9.80. The average molecular weight is 234 g/mol. The molecule has 1 unspecified atom stereocenters. The highest BCUT2D eigenvalue weighted by molar-refractivity contribution is 6.00. The van der Waals surface area contributed by atoms with Gasteiger partial charge in [-0.2, -0.15) is 0 Å². The monoisotopic (exact) mass is 234 g/mol. The third kappa shape index (κ3) is 2.34. The smallest absolute Gasteiger partial charge is 0.166 e. The van der Waals surface area contributed by atoms with Gasteiger partial charge in [0.05, 0.1) is 13.2 Å². The van der Waals surface area contributed by atoms with E-state index in [2.05, 4.69) is 0 Å². The maximum atomic E-state index is 12.3. The number of hydrogen-bond acceptors (Lipinski definition) is 3. The maximum absolute atomic E-state index is 12.3. The molecule has 3 heteroatoms. The molecule has 0 heterocycles. The summed E-state index contributed by atoms with van der Waals surface area (Å²) in [6, 6.07) is 5.59. The molecule has 0 aliphatic heterocycles. The number of carbonyl (C=O) groups excluding carboxylic acids is 1. The van der Waals surface area contributed by atoms with Crippen LogP contribution in [0.3, 0.4) is 0 Å². The van der Waals surface area contributed by atoms with Crippen molar-refractivity contribution in [3.63, 3.8) is 0 Å². The van der Waals surface area contributed by atoms with Crippen LogP contribution in [0.1, 0.15) is 35.7 Å². The van der Waals surface area contributed by atoms with Gasteiger partial charge in [0.2, 0.25) is 0 Å². The summed E-state index contributed by atoms with van der Waals surface area (Å²) in [7, 11) is 1.63. The van der Waals surface area contributed by atoms with Crippen molar-refractivity contribution in [1.82, 2.24) is 0 Å². The lowest BCUT2D eigenvalue weighted by molar-refractivity contribution is 0.0826. The first kappa shape index (κ1) is 12.1. The summed E-state index contributed by atoms with van der Waals surface area (Å²) in [6.07, 6.45) is 1.78. The van der Waals surface area contributed by atoms with Gasteiger partial charge in [-0.3, -0.25) is 4.79 Å². The number of aliphatic hydroxyl groups excluding tert-OH is 1. The molecule has 0 fully saturated rings. The zero-order valence-corrected chi connectivity index (χ0v) is 10.3. The fourth-order valence-corrected chi connectivity index (χ4v) is 2.55. The van der Waals surface area contributed by atoms with Gasteiger partial charge >= 0.3 is 0 Å². The molecule has 17 heavy (non-hydrogen) atoms. The largest absolute Gasteiger partial charge is 0.496 e. The summed E-state index contributed by atoms with van der Waals surface area (Å²) in [4.78, 5) is 12.3. The standard InChI is InChI=1S/C14H18O3/c1-9(15)8-10-6-7-11-12(14(10)16)4-3-5-13(11)17-2/h3-5,9-10,15H,6-8H2,1-2H3/t9-,10?/m0/s1. The van der Waals surface area contributed by atoms with Gasteiger partial charge in [-0.05, 0) is 32.3 Å². The van der Waals surface area contributed by atoms with Crippen molar-refractivity contribution in [3.8, 4) is 5.75 Å². The van der Waals surface area contributed by atoms with Gasteiger partial charge in [-0.1, -0.05) is 12.1 Å². The molecule has 1 aromatic carbocycles. The van der Waals surface area contributed by atoms with Crippen LogP contribution in [0.5, 0.6) is 5.75 Å². The Labute approximate surface area is 101 Å². The summed E-state index contributed by atoms with van der Waals surface area (Å²) >= 11 is 0. The Morgan fingerprint density at radius 2 is 2.29 bits per heavy atom. The molecular formula is C14H18O3. The van der Waals surface area contributed by atoms with Crippen molar-refractivity contribution in [1.29, 1.82) is 0 Å². The summed E-state index contributed by atoms with van der Waals surface area (Å²) < 4.78 is 5.28. The lowest BCUT2D eigenvalue weighted by Gasteiger charge is -2.25. The van der Waals surface area contributed by atoms with E-state index in [0.29, 0.717) is 6.42 Å². The fraction of sp³-hybridized carbons (Fsp3) is 0.500. The minimum atomic E-state index is -0.420. The summed E-state index contributed by atoms with van der Waals surface area (Å²) in [5, 5.41) is 9.39. The predicted octanol–water partition coefficient (Wildman–Crippen LogP) is 2.21. The van der Waals surface area contributed by atoms with Crippen molar-refractivity contribution >= 4 is 5.78 Å². The Hall–Kier alpha value is -1.35.